The molecular weight excluding hydrogens is 148 g/mol. The van der Waals surface area contributed by atoms with Crippen molar-refractivity contribution in [3.8, 4) is 0 Å². The highest BCUT2D eigenvalue weighted by Gasteiger charge is 2.36. The van der Waals surface area contributed by atoms with Crippen LogP contribution in [0.3, 0.4) is 0 Å². The van der Waals surface area contributed by atoms with E-state index in [4.69, 9.17) is 0 Å². The molecule has 2 bridgehead atoms. The summed E-state index contributed by atoms with van der Waals surface area (Å²) in [6.07, 6.45) is 8.02. The maximum atomic E-state index is 10.2. The zero-order valence-corrected chi connectivity index (χ0v) is 7.68. The molecule has 0 aromatic rings. The molecule has 0 aromatic heterocycles. The Hall–Kier alpha value is -0.300. The molecule has 3 rings (SSSR count). The lowest BCUT2D eigenvalue weighted by atomic mass is 9.70. The molecule has 0 heterocycles. The molecule has 0 unspecified atom stereocenters. The van der Waals surface area contributed by atoms with E-state index in [1.807, 2.05) is 0 Å². The predicted molar refractivity (Wildman–Crippen MR) is 49.9 cm³/mol. The van der Waals surface area contributed by atoms with Crippen LogP contribution in [0, 0.1) is 5.92 Å². The molecule has 1 nitrogen and oxygen atoms in total. The van der Waals surface area contributed by atoms with E-state index in [9.17, 15) is 5.11 Å². The van der Waals surface area contributed by atoms with Crippen LogP contribution in [0.25, 0.3) is 0 Å². The smallest absolute Gasteiger partial charge is 0.0854 e. The summed E-state index contributed by atoms with van der Waals surface area (Å²) in [5.74, 6) is 0.901. The molecule has 0 aliphatic heterocycles. The van der Waals surface area contributed by atoms with Gasteiger partial charge in [-0.1, -0.05) is 13.0 Å². The highest BCUT2D eigenvalue weighted by atomic mass is 16.3. The number of hydrogen-bond acceptors (Lipinski definition) is 1. The third kappa shape index (κ3) is 1.31. The Bertz CT molecular complexity index is 187. The lowest BCUT2D eigenvalue weighted by Gasteiger charge is -2.40. The Morgan fingerprint density at radius 1 is 1.25 bits per heavy atom. The van der Waals surface area contributed by atoms with Crippen LogP contribution in [0.4, 0.5) is 0 Å². The van der Waals surface area contributed by atoms with E-state index < -0.39 is 5.60 Å². The summed E-state index contributed by atoms with van der Waals surface area (Å²) >= 11 is 0. The van der Waals surface area contributed by atoms with Crippen molar-refractivity contribution in [3.63, 3.8) is 0 Å². The van der Waals surface area contributed by atoms with Crippen molar-refractivity contribution in [2.45, 2.75) is 50.5 Å². The number of rotatable bonds is 0. The first-order valence-corrected chi connectivity index (χ1v) is 5.11. The van der Waals surface area contributed by atoms with Gasteiger partial charge in [-0.25, -0.2) is 0 Å². The second-order valence-corrected chi connectivity index (χ2v) is 4.47. The minimum Gasteiger partial charge on any atom is -0.386 e. The number of hydrogen-bond donors (Lipinski definition) is 1. The van der Waals surface area contributed by atoms with Gasteiger partial charge in [0, 0.05) is 0 Å². The Kier molecular flexibility index (Phi) is 1.99. The second-order valence-electron chi connectivity index (χ2n) is 4.47. The quantitative estimate of drug-likeness (QED) is 0.548. The van der Waals surface area contributed by atoms with Crippen LogP contribution >= 0.6 is 0 Å². The summed E-state index contributed by atoms with van der Waals surface area (Å²) in [6, 6.07) is 0. The summed E-state index contributed by atoms with van der Waals surface area (Å²) in [4.78, 5) is 0. The molecule has 1 heteroatoms. The Morgan fingerprint density at radius 3 is 2.58 bits per heavy atom. The van der Waals surface area contributed by atoms with E-state index in [2.05, 4.69) is 6.58 Å². The highest BCUT2D eigenvalue weighted by Crippen LogP contribution is 2.42. The molecule has 1 N–H and O–H groups in total. The van der Waals surface area contributed by atoms with Gasteiger partial charge in [0.2, 0.25) is 0 Å². The first-order chi connectivity index (χ1) is 5.71. The van der Waals surface area contributed by atoms with Gasteiger partial charge in [0.05, 0.1) is 5.60 Å². The van der Waals surface area contributed by atoms with Crippen molar-refractivity contribution < 1.29 is 5.11 Å². The van der Waals surface area contributed by atoms with Gasteiger partial charge >= 0.3 is 0 Å². The van der Waals surface area contributed by atoms with Gasteiger partial charge in [0.1, 0.15) is 0 Å². The molecule has 0 spiro atoms. The second kappa shape index (κ2) is 2.88. The van der Waals surface area contributed by atoms with Gasteiger partial charge in [0.25, 0.3) is 0 Å². The van der Waals surface area contributed by atoms with Gasteiger partial charge in [-0.3, -0.25) is 0 Å². The molecule has 3 aliphatic carbocycles. The first kappa shape index (κ1) is 8.31. The number of fused-ring (bicyclic) bond motifs is 5. The summed E-state index contributed by atoms with van der Waals surface area (Å²) < 4.78 is 0. The van der Waals surface area contributed by atoms with Gasteiger partial charge in [-0.05, 0) is 50.0 Å². The van der Waals surface area contributed by atoms with Gasteiger partial charge in [-0.2, -0.15) is 0 Å². The number of aliphatic hydroxyl groups is 1. The van der Waals surface area contributed by atoms with Crippen LogP contribution < -0.4 is 0 Å². The van der Waals surface area contributed by atoms with Crippen molar-refractivity contribution in [3.05, 3.63) is 12.2 Å². The summed E-state index contributed by atoms with van der Waals surface area (Å²) in [7, 11) is 0. The van der Waals surface area contributed by atoms with Crippen molar-refractivity contribution in [1.29, 1.82) is 0 Å². The van der Waals surface area contributed by atoms with Crippen LogP contribution in [0.15, 0.2) is 12.2 Å². The maximum Gasteiger partial charge on any atom is 0.0854 e. The normalized spacial score (nSPS) is 42.4. The summed E-state index contributed by atoms with van der Waals surface area (Å²) in [5.41, 5.74) is 0.623. The SMILES string of the molecule is C=C1CCCC2CCC1(O)CC2. The molecule has 0 amide bonds. The van der Waals surface area contributed by atoms with Crippen LogP contribution in [0.2, 0.25) is 0 Å². The zero-order valence-electron chi connectivity index (χ0n) is 7.68. The molecule has 3 fully saturated rings. The Labute approximate surface area is 74.5 Å². The average molecular weight is 166 g/mol. The van der Waals surface area contributed by atoms with E-state index in [-0.39, 0.29) is 0 Å². The molecule has 12 heavy (non-hydrogen) atoms. The lowest BCUT2D eigenvalue weighted by molar-refractivity contribution is 0.0131. The van der Waals surface area contributed by atoms with E-state index in [0.29, 0.717) is 0 Å². The predicted octanol–water partition coefficient (Wildman–Crippen LogP) is 2.65. The van der Waals surface area contributed by atoms with E-state index in [1.54, 1.807) is 0 Å². The summed E-state index contributed by atoms with van der Waals surface area (Å²) in [6.45, 7) is 4.01. The molecule has 68 valence electrons. The van der Waals surface area contributed by atoms with Crippen LogP contribution in [-0.4, -0.2) is 10.7 Å². The molecule has 0 aromatic carbocycles. The largest absolute Gasteiger partial charge is 0.386 e. The van der Waals surface area contributed by atoms with Crippen LogP contribution in [-0.2, 0) is 0 Å². The average Bonchev–Trinajstić information content (AvgIpc) is 2.06. The maximum absolute atomic E-state index is 10.2. The molecule has 0 saturated heterocycles. The Morgan fingerprint density at radius 2 is 1.92 bits per heavy atom. The first-order valence-electron chi connectivity index (χ1n) is 5.11. The molecule has 3 aliphatic rings. The van der Waals surface area contributed by atoms with E-state index in [1.165, 1.54) is 25.7 Å². The van der Waals surface area contributed by atoms with Crippen molar-refractivity contribution >= 4 is 0 Å². The van der Waals surface area contributed by atoms with Crippen molar-refractivity contribution in [2.75, 3.05) is 0 Å². The molecule has 0 atom stereocenters. The lowest BCUT2D eigenvalue weighted by Crippen LogP contribution is -2.37. The minimum atomic E-state index is -0.475. The standard InChI is InChI=1S/C11H18O/c1-9-3-2-4-10-5-7-11(9,12)8-6-10/h10,12H,1-8H2. The molecular formula is C11H18O. The highest BCUT2D eigenvalue weighted by molar-refractivity contribution is 5.15. The monoisotopic (exact) mass is 166 g/mol. The third-order valence-electron chi connectivity index (χ3n) is 3.68. The third-order valence-corrected chi connectivity index (χ3v) is 3.68. The van der Waals surface area contributed by atoms with Gasteiger partial charge < -0.3 is 5.11 Å². The van der Waals surface area contributed by atoms with Gasteiger partial charge in [-0.15, -0.1) is 0 Å². The molecule has 0 radical (unpaired) electrons. The van der Waals surface area contributed by atoms with Crippen molar-refractivity contribution in [1.82, 2.24) is 0 Å². The fourth-order valence-electron chi connectivity index (χ4n) is 2.63. The van der Waals surface area contributed by atoms with Crippen molar-refractivity contribution in [2.24, 2.45) is 5.92 Å². The summed E-state index contributed by atoms with van der Waals surface area (Å²) in [5, 5.41) is 10.2. The van der Waals surface area contributed by atoms with Crippen LogP contribution in [0.1, 0.15) is 44.9 Å². The molecule has 3 saturated carbocycles. The minimum absolute atomic E-state index is 0.475. The van der Waals surface area contributed by atoms with Gasteiger partial charge in [0.15, 0.2) is 0 Å². The van der Waals surface area contributed by atoms with E-state index >= 15 is 0 Å². The fourth-order valence-corrected chi connectivity index (χ4v) is 2.63. The Balaban J connectivity index is 2.16. The van der Waals surface area contributed by atoms with E-state index in [0.717, 1.165) is 30.8 Å². The van der Waals surface area contributed by atoms with Crippen LogP contribution in [0.5, 0.6) is 0 Å². The topological polar surface area (TPSA) is 20.2 Å². The zero-order chi connectivity index (χ0) is 8.60. The fraction of sp³-hybridized carbons (Fsp3) is 0.818.